The fraction of sp³-hybridized carbons (Fsp3) is 1.00. The van der Waals surface area contributed by atoms with Crippen molar-refractivity contribution in [2.75, 3.05) is 18.8 Å². The Kier molecular flexibility index (Phi) is 4.31. The van der Waals surface area contributed by atoms with Gasteiger partial charge in [-0.1, -0.05) is 6.92 Å². The van der Waals surface area contributed by atoms with E-state index in [1.54, 1.807) is 16.7 Å². The van der Waals surface area contributed by atoms with Gasteiger partial charge in [0.15, 0.2) is 6.10 Å². The first-order valence-corrected chi connectivity index (χ1v) is 5.97. The standard InChI is InChI=1S/C9H16F3NOS/c1-6-7(2)15-4-3-13(6)5-8(14)9(10,11)12/h6-8,14H,3-5H2,1-2H3. The van der Waals surface area contributed by atoms with Crippen LogP contribution in [0.15, 0.2) is 0 Å². The third kappa shape index (κ3) is 3.53. The summed E-state index contributed by atoms with van der Waals surface area (Å²) in [7, 11) is 0. The number of rotatable bonds is 2. The van der Waals surface area contributed by atoms with Crippen LogP contribution in [0.3, 0.4) is 0 Å². The third-order valence-electron chi connectivity index (χ3n) is 2.80. The van der Waals surface area contributed by atoms with Gasteiger partial charge in [0.2, 0.25) is 0 Å². The quantitative estimate of drug-likeness (QED) is 0.799. The Morgan fingerprint density at radius 3 is 2.60 bits per heavy atom. The third-order valence-corrected chi connectivity index (χ3v) is 4.14. The first kappa shape index (κ1) is 13.1. The van der Waals surface area contributed by atoms with Crippen molar-refractivity contribution in [3.05, 3.63) is 0 Å². The van der Waals surface area contributed by atoms with Crippen molar-refractivity contribution in [1.29, 1.82) is 0 Å². The van der Waals surface area contributed by atoms with Gasteiger partial charge in [-0.25, -0.2) is 0 Å². The summed E-state index contributed by atoms with van der Waals surface area (Å²) in [4.78, 5) is 1.71. The van der Waals surface area contributed by atoms with Gasteiger partial charge in [-0.15, -0.1) is 0 Å². The van der Waals surface area contributed by atoms with Crippen molar-refractivity contribution in [3.63, 3.8) is 0 Å². The van der Waals surface area contributed by atoms with Crippen LogP contribution in [0.5, 0.6) is 0 Å². The lowest BCUT2D eigenvalue weighted by atomic mass is 10.2. The lowest BCUT2D eigenvalue weighted by Crippen LogP contribution is -2.50. The molecule has 0 amide bonds. The number of aliphatic hydroxyl groups excluding tert-OH is 1. The van der Waals surface area contributed by atoms with E-state index in [9.17, 15) is 13.2 Å². The number of halogens is 3. The van der Waals surface area contributed by atoms with Gasteiger partial charge in [-0.3, -0.25) is 4.90 Å². The Bertz CT molecular complexity index is 212. The van der Waals surface area contributed by atoms with Gasteiger partial charge >= 0.3 is 6.18 Å². The molecular formula is C9H16F3NOS. The van der Waals surface area contributed by atoms with Crippen molar-refractivity contribution >= 4 is 11.8 Å². The van der Waals surface area contributed by atoms with E-state index in [1.165, 1.54) is 0 Å². The fourth-order valence-corrected chi connectivity index (χ4v) is 2.74. The second-order valence-corrected chi connectivity index (χ2v) is 5.35. The van der Waals surface area contributed by atoms with Crippen molar-refractivity contribution in [2.24, 2.45) is 0 Å². The molecule has 90 valence electrons. The Balaban J connectivity index is 2.50. The van der Waals surface area contributed by atoms with Gasteiger partial charge in [-0.05, 0) is 6.92 Å². The van der Waals surface area contributed by atoms with Crippen LogP contribution < -0.4 is 0 Å². The molecule has 1 rings (SSSR count). The Hall–Kier alpha value is 0.0600. The summed E-state index contributed by atoms with van der Waals surface area (Å²) in [5, 5.41) is 9.29. The maximum absolute atomic E-state index is 12.1. The Morgan fingerprint density at radius 2 is 2.07 bits per heavy atom. The lowest BCUT2D eigenvalue weighted by molar-refractivity contribution is -0.209. The van der Waals surface area contributed by atoms with Crippen LogP contribution in [-0.4, -0.2) is 52.4 Å². The van der Waals surface area contributed by atoms with Crippen LogP contribution in [-0.2, 0) is 0 Å². The average Bonchev–Trinajstić information content (AvgIpc) is 2.11. The number of thioether (sulfide) groups is 1. The molecule has 0 aromatic carbocycles. The monoisotopic (exact) mass is 243 g/mol. The minimum absolute atomic E-state index is 0.0840. The van der Waals surface area contributed by atoms with Gasteiger partial charge in [0.25, 0.3) is 0 Å². The zero-order valence-corrected chi connectivity index (χ0v) is 9.61. The van der Waals surface area contributed by atoms with Gasteiger partial charge < -0.3 is 5.11 Å². The minimum Gasteiger partial charge on any atom is -0.382 e. The SMILES string of the molecule is CC1SCCN(CC(O)C(F)(F)F)C1C. The minimum atomic E-state index is -4.51. The Morgan fingerprint density at radius 1 is 1.47 bits per heavy atom. The zero-order chi connectivity index (χ0) is 11.6. The van der Waals surface area contributed by atoms with Crippen molar-refractivity contribution in [3.8, 4) is 0 Å². The molecule has 0 bridgehead atoms. The molecule has 1 saturated heterocycles. The maximum Gasteiger partial charge on any atom is 0.415 e. The van der Waals surface area contributed by atoms with Crippen LogP contribution in [0.2, 0.25) is 0 Å². The summed E-state index contributed by atoms with van der Waals surface area (Å²) in [5.74, 6) is 0.829. The predicted molar refractivity (Wildman–Crippen MR) is 55.0 cm³/mol. The molecule has 1 heterocycles. The van der Waals surface area contributed by atoms with E-state index < -0.39 is 12.3 Å². The van der Waals surface area contributed by atoms with Crippen LogP contribution in [0, 0.1) is 0 Å². The smallest absolute Gasteiger partial charge is 0.382 e. The van der Waals surface area contributed by atoms with Crippen LogP contribution in [0.1, 0.15) is 13.8 Å². The van der Waals surface area contributed by atoms with E-state index in [-0.39, 0.29) is 12.6 Å². The van der Waals surface area contributed by atoms with Gasteiger partial charge in [0.05, 0.1) is 0 Å². The molecule has 15 heavy (non-hydrogen) atoms. The first-order valence-electron chi connectivity index (χ1n) is 4.93. The van der Waals surface area contributed by atoms with E-state index in [0.29, 0.717) is 11.8 Å². The summed E-state index contributed by atoms with van der Waals surface area (Å²) >= 11 is 1.76. The van der Waals surface area contributed by atoms with Crippen molar-refractivity contribution in [2.45, 2.75) is 37.4 Å². The highest BCUT2D eigenvalue weighted by atomic mass is 32.2. The summed E-state index contributed by atoms with van der Waals surface area (Å²) in [6, 6.07) is 0.0840. The first-order chi connectivity index (χ1) is 6.82. The molecule has 0 spiro atoms. The highest BCUT2D eigenvalue weighted by molar-refractivity contribution is 8.00. The molecule has 1 aliphatic heterocycles. The summed E-state index contributed by atoms with van der Waals surface area (Å²) in [5.41, 5.74) is 0. The van der Waals surface area contributed by atoms with Crippen LogP contribution in [0.4, 0.5) is 13.2 Å². The van der Waals surface area contributed by atoms with E-state index in [0.717, 1.165) is 5.75 Å². The van der Waals surface area contributed by atoms with Crippen LogP contribution in [0.25, 0.3) is 0 Å². The Labute approximate surface area is 91.8 Å². The van der Waals surface area contributed by atoms with E-state index in [4.69, 9.17) is 5.11 Å². The largest absolute Gasteiger partial charge is 0.415 e. The summed E-state index contributed by atoms with van der Waals surface area (Å²) < 4.78 is 36.4. The summed E-state index contributed by atoms with van der Waals surface area (Å²) in [6.07, 6.45) is -6.73. The maximum atomic E-state index is 12.1. The normalized spacial score (nSPS) is 31.6. The van der Waals surface area contributed by atoms with E-state index in [1.807, 2.05) is 13.8 Å². The molecule has 0 saturated carbocycles. The number of hydrogen-bond donors (Lipinski definition) is 1. The average molecular weight is 243 g/mol. The molecule has 3 atom stereocenters. The summed E-state index contributed by atoms with van der Waals surface area (Å²) in [6.45, 7) is 4.21. The molecule has 1 fully saturated rings. The molecule has 2 nitrogen and oxygen atoms in total. The highest BCUT2D eigenvalue weighted by Crippen LogP contribution is 2.27. The number of nitrogens with zero attached hydrogens (tertiary/aromatic N) is 1. The highest BCUT2D eigenvalue weighted by Gasteiger charge is 2.40. The molecule has 6 heteroatoms. The topological polar surface area (TPSA) is 23.5 Å². The molecule has 0 aromatic heterocycles. The molecule has 0 radical (unpaired) electrons. The molecule has 0 aromatic rings. The predicted octanol–water partition coefficient (Wildman–Crippen LogP) is 1.74. The molecule has 1 aliphatic rings. The number of hydrogen-bond acceptors (Lipinski definition) is 3. The zero-order valence-electron chi connectivity index (χ0n) is 8.79. The van der Waals surface area contributed by atoms with E-state index in [2.05, 4.69) is 0 Å². The van der Waals surface area contributed by atoms with Crippen LogP contribution >= 0.6 is 11.8 Å². The second kappa shape index (κ2) is 4.93. The fourth-order valence-electron chi connectivity index (χ4n) is 1.58. The van der Waals surface area contributed by atoms with Crippen molar-refractivity contribution in [1.82, 2.24) is 4.90 Å². The lowest BCUT2D eigenvalue weighted by Gasteiger charge is -2.38. The number of β-amino-alcohol motifs (C(OH)–C–C–N with tert-alkyl or cyclic N) is 1. The number of alkyl halides is 3. The molecule has 3 unspecified atom stereocenters. The van der Waals surface area contributed by atoms with Gasteiger partial charge in [0.1, 0.15) is 0 Å². The molecule has 1 N–H and O–H groups in total. The molecular weight excluding hydrogens is 227 g/mol. The molecule has 0 aliphatic carbocycles. The van der Waals surface area contributed by atoms with Gasteiger partial charge in [-0.2, -0.15) is 24.9 Å². The second-order valence-electron chi connectivity index (χ2n) is 3.87. The van der Waals surface area contributed by atoms with E-state index >= 15 is 0 Å². The van der Waals surface area contributed by atoms with Crippen molar-refractivity contribution < 1.29 is 18.3 Å². The van der Waals surface area contributed by atoms with Gasteiger partial charge in [0, 0.05) is 30.1 Å². The number of aliphatic hydroxyl groups is 1.